The summed E-state index contributed by atoms with van der Waals surface area (Å²) in [7, 11) is 0. The van der Waals surface area contributed by atoms with Crippen LogP contribution in [-0.4, -0.2) is 50.3 Å². The Hall–Kier alpha value is -1.83. The number of nitrogens with zero attached hydrogens (tertiary/aromatic N) is 3. The van der Waals surface area contributed by atoms with Crippen LogP contribution in [0.2, 0.25) is 0 Å². The molecule has 0 aromatic carbocycles. The number of carboxylic acid groups (broad SMARTS) is 1. The van der Waals surface area contributed by atoms with Crippen molar-refractivity contribution in [2.24, 2.45) is 11.3 Å². The lowest BCUT2D eigenvalue weighted by atomic mass is 9.81. The number of hydrogen-bond donors (Lipinski definition) is 1. The standard InChI is InChI=1S/C15H17N3O4S/c19-11(10-6-16-14-18(12(10)20)4-5-23-14)17-7-9-2-1-3-15(9,8-17)13(21)22/h6,9H,1-5,7-8H2,(H,21,22)/t9-,15+/m0/s1. The van der Waals surface area contributed by atoms with E-state index in [0.29, 0.717) is 24.7 Å². The summed E-state index contributed by atoms with van der Waals surface area (Å²) < 4.78 is 1.53. The summed E-state index contributed by atoms with van der Waals surface area (Å²) in [5.74, 6) is -0.432. The van der Waals surface area contributed by atoms with E-state index in [0.717, 1.165) is 18.6 Å². The summed E-state index contributed by atoms with van der Waals surface area (Å²) in [6, 6.07) is 0. The van der Waals surface area contributed by atoms with E-state index in [1.54, 1.807) is 0 Å². The van der Waals surface area contributed by atoms with E-state index in [1.165, 1.54) is 27.4 Å². The van der Waals surface area contributed by atoms with Crippen LogP contribution >= 0.6 is 11.8 Å². The molecule has 1 aromatic rings. The fourth-order valence-electron chi connectivity index (χ4n) is 4.13. The van der Waals surface area contributed by atoms with E-state index >= 15 is 0 Å². The normalized spacial score (nSPS) is 28.7. The van der Waals surface area contributed by atoms with E-state index in [-0.39, 0.29) is 29.5 Å². The van der Waals surface area contributed by atoms with Crippen LogP contribution in [-0.2, 0) is 11.3 Å². The zero-order valence-corrected chi connectivity index (χ0v) is 13.3. The smallest absolute Gasteiger partial charge is 0.311 e. The first kappa shape index (κ1) is 14.7. The van der Waals surface area contributed by atoms with Crippen molar-refractivity contribution < 1.29 is 14.7 Å². The molecule has 1 aromatic heterocycles. The number of rotatable bonds is 2. The molecule has 1 saturated carbocycles. The molecule has 8 heteroatoms. The lowest BCUT2D eigenvalue weighted by molar-refractivity contribution is -0.149. The first-order valence-electron chi connectivity index (χ1n) is 7.78. The molecule has 1 N–H and O–H groups in total. The van der Waals surface area contributed by atoms with Gasteiger partial charge in [-0.05, 0) is 18.8 Å². The largest absolute Gasteiger partial charge is 0.481 e. The Morgan fingerprint density at radius 1 is 1.43 bits per heavy atom. The van der Waals surface area contributed by atoms with Gasteiger partial charge in [0.25, 0.3) is 11.5 Å². The molecule has 3 heterocycles. The van der Waals surface area contributed by atoms with Crippen LogP contribution in [0.5, 0.6) is 0 Å². The third-order valence-electron chi connectivity index (χ3n) is 5.37. The maximum absolute atomic E-state index is 12.7. The van der Waals surface area contributed by atoms with Gasteiger partial charge in [-0.2, -0.15) is 0 Å². The van der Waals surface area contributed by atoms with E-state index in [1.807, 2.05) is 0 Å². The molecule has 3 aliphatic rings. The van der Waals surface area contributed by atoms with Crippen molar-refractivity contribution in [3.63, 3.8) is 0 Å². The second-order valence-corrected chi connectivity index (χ2v) is 7.56. The van der Waals surface area contributed by atoms with Gasteiger partial charge in [-0.1, -0.05) is 18.2 Å². The predicted molar refractivity (Wildman–Crippen MR) is 82.5 cm³/mol. The van der Waals surface area contributed by atoms with E-state index < -0.39 is 11.4 Å². The van der Waals surface area contributed by atoms with Gasteiger partial charge < -0.3 is 10.0 Å². The molecular weight excluding hydrogens is 318 g/mol. The van der Waals surface area contributed by atoms with Crippen LogP contribution in [0.25, 0.3) is 0 Å². The van der Waals surface area contributed by atoms with Gasteiger partial charge in [-0.15, -0.1) is 0 Å². The number of carbonyl (C=O) groups is 2. The van der Waals surface area contributed by atoms with Gasteiger partial charge >= 0.3 is 5.97 Å². The number of likely N-dealkylation sites (tertiary alicyclic amines) is 1. The molecule has 0 radical (unpaired) electrons. The monoisotopic (exact) mass is 335 g/mol. The zero-order valence-electron chi connectivity index (χ0n) is 12.5. The lowest BCUT2D eigenvalue weighted by Gasteiger charge is -2.23. The molecule has 4 rings (SSSR count). The number of amides is 1. The number of carboxylic acids is 1. The van der Waals surface area contributed by atoms with Gasteiger partial charge in [0.05, 0.1) is 5.41 Å². The second kappa shape index (κ2) is 5.09. The van der Waals surface area contributed by atoms with Crippen LogP contribution in [0, 0.1) is 11.3 Å². The first-order chi connectivity index (χ1) is 11.0. The van der Waals surface area contributed by atoms with Gasteiger partial charge in [-0.25, -0.2) is 4.98 Å². The fourth-order valence-corrected chi connectivity index (χ4v) is 5.04. The number of aliphatic carboxylic acids is 1. The minimum atomic E-state index is -0.828. The highest BCUT2D eigenvalue weighted by atomic mass is 32.2. The summed E-state index contributed by atoms with van der Waals surface area (Å²) in [5, 5.41) is 10.3. The number of carbonyl (C=O) groups excluding carboxylic acids is 1. The number of thioether (sulfide) groups is 1. The Balaban J connectivity index is 1.64. The maximum Gasteiger partial charge on any atom is 0.311 e. The quantitative estimate of drug-likeness (QED) is 0.799. The number of aromatic nitrogens is 2. The topological polar surface area (TPSA) is 92.5 Å². The Morgan fingerprint density at radius 3 is 3.00 bits per heavy atom. The predicted octanol–water partition coefficient (Wildman–Crippen LogP) is 0.676. The van der Waals surface area contributed by atoms with Crippen LogP contribution in [0.1, 0.15) is 29.6 Å². The highest BCUT2D eigenvalue weighted by molar-refractivity contribution is 7.99. The molecule has 0 unspecified atom stereocenters. The molecule has 2 fully saturated rings. The van der Waals surface area contributed by atoms with Crippen molar-refractivity contribution in [3.05, 3.63) is 22.1 Å². The molecule has 2 aliphatic heterocycles. The maximum atomic E-state index is 12.7. The average Bonchev–Trinajstić information content (AvgIpc) is 3.20. The van der Waals surface area contributed by atoms with Crippen LogP contribution in [0.4, 0.5) is 0 Å². The van der Waals surface area contributed by atoms with Gasteiger partial charge in [0.2, 0.25) is 0 Å². The highest BCUT2D eigenvalue weighted by Gasteiger charge is 2.56. The zero-order chi connectivity index (χ0) is 16.2. The molecule has 1 saturated heterocycles. The Labute approximate surface area is 136 Å². The van der Waals surface area contributed by atoms with Gasteiger partial charge in [0.15, 0.2) is 5.16 Å². The van der Waals surface area contributed by atoms with Gasteiger partial charge in [-0.3, -0.25) is 19.0 Å². The second-order valence-electron chi connectivity index (χ2n) is 6.50. The van der Waals surface area contributed by atoms with Crippen LogP contribution in [0.15, 0.2) is 16.1 Å². The fraction of sp³-hybridized carbons (Fsp3) is 0.600. The molecule has 0 bridgehead atoms. The van der Waals surface area contributed by atoms with E-state index in [4.69, 9.17) is 0 Å². The molecule has 2 atom stereocenters. The third kappa shape index (κ3) is 2.04. The molecular formula is C15H17N3O4S. The van der Waals surface area contributed by atoms with Crippen LogP contribution in [0.3, 0.4) is 0 Å². The first-order valence-corrected chi connectivity index (χ1v) is 8.77. The summed E-state index contributed by atoms with van der Waals surface area (Å²) >= 11 is 1.50. The van der Waals surface area contributed by atoms with Gasteiger partial charge in [0, 0.05) is 31.6 Å². The van der Waals surface area contributed by atoms with Crippen molar-refractivity contribution in [2.45, 2.75) is 31.0 Å². The minimum Gasteiger partial charge on any atom is -0.481 e. The SMILES string of the molecule is O=C(c1cnc2n(c1=O)CCS2)N1C[C@@H]2CCC[C@@]2(C(=O)O)C1. The average molecular weight is 335 g/mol. The molecule has 1 amide bonds. The lowest BCUT2D eigenvalue weighted by Crippen LogP contribution is -2.39. The van der Waals surface area contributed by atoms with Crippen molar-refractivity contribution in [3.8, 4) is 0 Å². The number of hydrogen-bond acceptors (Lipinski definition) is 5. The molecule has 7 nitrogen and oxygen atoms in total. The Bertz CT molecular complexity index is 762. The molecule has 23 heavy (non-hydrogen) atoms. The summed E-state index contributed by atoms with van der Waals surface area (Å²) in [5.41, 5.74) is -1.09. The summed E-state index contributed by atoms with van der Waals surface area (Å²) in [4.78, 5) is 42.6. The summed E-state index contributed by atoms with van der Waals surface area (Å²) in [6.45, 7) is 1.18. The highest BCUT2D eigenvalue weighted by Crippen LogP contribution is 2.49. The van der Waals surface area contributed by atoms with E-state index in [9.17, 15) is 19.5 Å². The van der Waals surface area contributed by atoms with Crippen molar-refractivity contribution in [1.82, 2.24) is 14.5 Å². The molecule has 122 valence electrons. The third-order valence-corrected chi connectivity index (χ3v) is 6.34. The molecule has 0 spiro atoms. The van der Waals surface area contributed by atoms with Crippen molar-refractivity contribution in [1.29, 1.82) is 0 Å². The number of fused-ring (bicyclic) bond motifs is 2. The van der Waals surface area contributed by atoms with E-state index in [2.05, 4.69) is 4.98 Å². The van der Waals surface area contributed by atoms with Crippen molar-refractivity contribution in [2.75, 3.05) is 18.8 Å². The Morgan fingerprint density at radius 2 is 2.26 bits per heavy atom. The van der Waals surface area contributed by atoms with Crippen LogP contribution < -0.4 is 5.56 Å². The minimum absolute atomic E-state index is 0.00959. The van der Waals surface area contributed by atoms with Gasteiger partial charge in [0.1, 0.15) is 5.56 Å². The summed E-state index contributed by atoms with van der Waals surface area (Å²) in [6.07, 6.45) is 3.67. The van der Waals surface area contributed by atoms with Crippen molar-refractivity contribution >= 4 is 23.6 Å². The Kier molecular flexibility index (Phi) is 3.26. The molecule has 1 aliphatic carbocycles.